The average molecular weight is 365 g/mol. The van der Waals surface area contributed by atoms with E-state index in [1.807, 2.05) is 7.05 Å². The van der Waals surface area contributed by atoms with Crippen LogP contribution in [0.25, 0.3) is 0 Å². The molecule has 0 aliphatic carbocycles. The van der Waals surface area contributed by atoms with E-state index in [0.29, 0.717) is 23.7 Å². The molecule has 0 saturated carbocycles. The predicted molar refractivity (Wildman–Crippen MR) is 97.9 cm³/mol. The number of piperidine rings is 2. The van der Waals surface area contributed by atoms with Crippen LogP contribution in [0.3, 0.4) is 0 Å². The standard InChI is InChI=1S/C18H27N3O3S/c1-20-11-5-6-15(14-20)18(22)19-16-7-9-17(10-8-16)25(23,24)21-12-3-2-4-13-21/h7-10,15H,2-6,11-14H2,1H3,(H,19,22). The minimum absolute atomic E-state index is 0.00416. The summed E-state index contributed by atoms with van der Waals surface area (Å²) in [7, 11) is -1.39. The summed E-state index contributed by atoms with van der Waals surface area (Å²) in [6.45, 7) is 2.99. The van der Waals surface area contributed by atoms with Crippen LogP contribution in [0.5, 0.6) is 0 Å². The molecule has 7 heteroatoms. The summed E-state index contributed by atoms with van der Waals surface area (Å²) < 4.78 is 26.8. The molecule has 25 heavy (non-hydrogen) atoms. The van der Waals surface area contributed by atoms with Gasteiger partial charge in [-0.1, -0.05) is 6.42 Å². The predicted octanol–water partition coefficient (Wildman–Crippen LogP) is 2.14. The van der Waals surface area contributed by atoms with Gasteiger partial charge in [-0.2, -0.15) is 4.31 Å². The molecule has 2 aliphatic heterocycles. The number of likely N-dealkylation sites (tertiary alicyclic amines) is 1. The third-order valence-electron chi connectivity index (χ3n) is 5.07. The Balaban J connectivity index is 1.64. The number of hydrogen-bond acceptors (Lipinski definition) is 4. The van der Waals surface area contributed by atoms with Gasteiger partial charge in [-0.25, -0.2) is 8.42 Å². The second-order valence-electron chi connectivity index (χ2n) is 7.08. The zero-order valence-corrected chi connectivity index (χ0v) is 15.6. The molecule has 1 unspecified atom stereocenters. The third-order valence-corrected chi connectivity index (χ3v) is 6.98. The van der Waals surface area contributed by atoms with Crippen LogP contribution < -0.4 is 5.32 Å². The molecule has 1 aromatic rings. The van der Waals surface area contributed by atoms with Crippen molar-refractivity contribution in [1.82, 2.24) is 9.21 Å². The lowest BCUT2D eigenvalue weighted by Gasteiger charge is -2.28. The van der Waals surface area contributed by atoms with Crippen molar-refractivity contribution in [1.29, 1.82) is 0 Å². The lowest BCUT2D eigenvalue weighted by atomic mass is 9.97. The largest absolute Gasteiger partial charge is 0.326 e. The van der Waals surface area contributed by atoms with Gasteiger partial charge in [0.25, 0.3) is 0 Å². The Kier molecular flexibility index (Phi) is 5.76. The number of rotatable bonds is 4. The first-order chi connectivity index (χ1) is 12.0. The highest BCUT2D eigenvalue weighted by Gasteiger charge is 2.26. The number of sulfonamides is 1. The molecule has 0 aromatic heterocycles. The number of benzene rings is 1. The molecule has 1 atom stereocenters. The molecular weight excluding hydrogens is 338 g/mol. The van der Waals surface area contributed by atoms with Crippen molar-refractivity contribution in [2.45, 2.75) is 37.0 Å². The van der Waals surface area contributed by atoms with Crippen LogP contribution in [0, 0.1) is 5.92 Å². The third kappa shape index (κ3) is 4.40. The van der Waals surface area contributed by atoms with Crippen molar-refractivity contribution in [3.63, 3.8) is 0 Å². The molecule has 2 saturated heterocycles. The smallest absolute Gasteiger partial charge is 0.243 e. The van der Waals surface area contributed by atoms with Crippen LogP contribution in [0.15, 0.2) is 29.2 Å². The van der Waals surface area contributed by atoms with E-state index in [9.17, 15) is 13.2 Å². The van der Waals surface area contributed by atoms with Gasteiger partial charge in [-0.15, -0.1) is 0 Å². The Labute approximate surface area is 150 Å². The highest BCUT2D eigenvalue weighted by atomic mass is 32.2. The second-order valence-corrected chi connectivity index (χ2v) is 9.02. The van der Waals surface area contributed by atoms with Crippen molar-refractivity contribution in [3.8, 4) is 0 Å². The highest BCUT2D eigenvalue weighted by Crippen LogP contribution is 2.23. The molecule has 6 nitrogen and oxygen atoms in total. The molecule has 138 valence electrons. The summed E-state index contributed by atoms with van der Waals surface area (Å²) in [6.07, 6.45) is 4.86. The molecule has 0 spiro atoms. The van der Waals surface area contributed by atoms with E-state index < -0.39 is 10.0 Å². The molecular formula is C18H27N3O3S. The Morgan fingerprint density at radius 3 is 2.36 bits per heavy atom. The normalized spacial score (nSPS) is 23.3. The van der Waals surface area contributed by atoms with Crippen molar-refractivity contribution in [2.24, 2.45) is 5.92 Å². The highest BCUT2D eigenvalue weighted by molar-refractivity contribution is 7.89. The summed E-state index contributed by atoms with van der Waals surface area (Å²) >= 11 is 0. The molecule has 0 bridgehead atoms. The summed E-state index contributed by atoms with van der Waals surface area (Å²) in [5.74, 6) is 0.00805. The lowest BCUT2D eigenvalue weighted by molar-refractivity contribution is -0.121. The van der Waals surface area contributed by atoms with Crippen LogP contribution in [0.1, 0.15) is 32.1 Å². The Morgan fingerprint density at radius 1 is 1.04 bits per heavy atom. The van der Waals surface area contributed by atoms with Crippen molar-refractivity contribution < 1.29 is 13.2 Å². The first-order valence-corrected chi connectivity index (χ1v) is 10.5. The molecule has 1 N–H and O–H groups in total. The Morgan fingerprint density at radius 2 is 1.72 bits per heavy atom. The number of carbonyl (C=O) groups is 1. The summed E-state index contributed by atoms with van der Waals surface area (Å²) in [4.78, 5) is 14.8. The van der Waals surface area contributed by atoms with Gasteiger partial charge in [-0.05, 0) is 63.5 Å². The van der Waals surface area contributed by atoms with Gasteiger partial charge in [0.1, 0.15) is 0 Å². The molecule has 1 amide bonds. The maximum atomic E-state index is 12.6. The van der Waals surface area contributed by atoms with E-state index in [-0.39, 0.29) is 11.8 Å². The minimum Gasteiger partial charge on any atom is -0.326 e. The number of anilines is 1. The van der Waals surface area contributed by atoms with Gasteiger partial charge in [0.05, 0.1) is 10.8 Å². The van der Waals surface area contributed by atoms with Crippen molar-refractivity contribution in [2.75, 3.05) is 38.5 Å². The number of amides is 1. The maximum absolute atomic E-state index is 12.6. The Hall–Kier alpha value is -1.44. The molecule has 2 heterocycles. The van der Waals surface area contributed by atoms with Crippen LogP contribution in [-0.2, 0) is 14.8 Å². The maximum Gasteiger partial charge on any atom is 0.243 e. The van der Waals surface area contributed by atoms with Gasteiger partial charge in [0.15, 0.2) is 0 Å². The number of nitrogens with zero attached hydrogens (tertiary/aromatic N) is 2. The number of nitrogens with one attached hydrogen (secondary N) is 1. The molecule has 2 aliphatic rings. The summed E-state index contributed by atoms with van der Waals surface area (Å²) in [5.41, 5.74) is 0.649. The molecule has 1 aromatic carbocycles. The van der Waals surface area contributed by atoms with E-state index in [1.54, 1.807) is 28.6 Å². The monoisotopic (exact) mass is 365 g/mol. The fraction of sp³-hybridized carbons (Fsp3) is 0.611. The fourth-order valence-corrected chi connectivity index (χ4v) is 5.11. The fourth-order valence-electron chi connectivity index (χ4n) is 3.59. The topological polar surface area (TPSA) is 69.7 Å². The molecule has 3 rings (SSSR count). The Bertz CT molecular complexity index is 697. The summed E-state index contributed by atoms with van der Waals surface area (Å²) in [5, 5.41) is 2.92. The first-order valence-electron chi connectivity index (χ1n) is 9.06. The molecule has 0 radical (unpaired) electrons. The SMILES string of the molecule is CN1CCCC(C(=O)Nc2ccc(S(=O)(=O)N3CCCCC3)cc2)C1. The second kappa shape index (κ2) is 7.85. The number of carbonyl (C=O) groups excluding carboxylic acids is 1. The lowest BCUT2D eigenvalue weighted by Crippen LogP contribution is -2.38. The van der Waals surface area contributed by atoms with E-state index in [0.717, 1.165) is 45.2 Å². The number of hydrogen-bond donors (Lipinski definition) is 1. The van der Waals surface area contributed by atoms with Gasteiger partial charge >= 0.3 is 0 Å². The van der Waals surface area contributed by atoms with Crippen molar-refractivity contribution in [3.05, 3.63) is 24.3 Å². The van der Waals surface area contributed by atoms with Gasteiger partial charge in [-0.3, -0.25) is 4.79 Å². The quantitative estimate of drug-likeness (QED) is 0.888. The average Bonchev–Trinajstić information content (AvgIpc) is 2.63. The van der Waals surface area contributed by atoms with Gasteiger partial charge in [0, 0.05) is 25.3 Å². The van der Waals surface area contributed by atoms with Crippen molar-refractivity contribution >= 4 is 21.6 Å². The van der Waals surface area contributed by atoms with E-state index in [2.05, 4.69) is 10.2 Å². The molecule has 2 fully saturated rings. The first kappa shape index (κ1) is 18.4. The van der Waals surface area contributed by atoms with Crippen LogP contribution in [0.2, 0.25) is 0 Å². The van der Waals surface area contributed by atoms with E-state index in [4.69, 9.17) is 0 Å². The zero-order valence-electron chi connectivity index (χ0n) is 14.8. The van der Waals surface area contributed by atoms with Crippen LogP contribution >= 0.6 is 0 Å². The van der Waals surface area contributed by atoms with E-state index >= 15 is 0 Å². The summed E-state index contributed by atoms with van der Waals surface area (Å²) in [6, 6.07) is 6.54. The van der Waals surface area contributed by atoms with Crippen LogP contribution in [0.4, 0.5) is 5.69 Å². The van der Waals surface area contributed by atoms with Gasteiger partial charge < -0.3 is 10.2 Å². The van der Waals surface area contributed by atoms with Gasteiger partial charge in [0.2, 0.25) is 15.9 Å². The van der Waals surface area contributed by atoms with Crippen LogP contribution in [-0.4, -0.2) is 56.8 Å². The zero-order chi connectivity index (χ0) is 17.9. The van der Waals surface area contributed by atoms with E-state index in [1.165, 1.54) is 0 Å². The minimum atomic E-state index is -3.42.